The van der Waals surface area contributed by atoms with Crippen molar-refractivity contribution >= 4 is 44.8 Å². The van der Waals surface area contributed by atoms with Gasteiger partial charge in [-0.15, -0.1) is 0 Å². The fraction of sp³-hybridized carbons (Fsp3) is 0.278. The van der Waals surface area contributed by atoms with Gasteiger partial charge in [-0.1, -0.05) is 29.3 Å². The number of halogens is 2. The standard InChI is InChI=1S/C18H17Cl2N5O3S/c1-11-7-16-21-8-12-10-24(6-5-15(12)25(16)23-11)17(26)9-22-29(27,28)18-13(19)3-2-4-14(18)20/h2-4,7-8,22H,5-6,9-10H2,1H3. The maximum absolute atomic E-state index is 12.6. The number of fused-ring (bicyclic) bond motifs is 3. The third kappa shape index (κ3) is 3.83. The summed E-state index contributed by atoms with van der Waals surface area (Å²) in [6, 6.07) is 6.30. The zero-order chi connectivity index (χ0) is 20.8. The van der Waals surface area contributed by atoms with Crippen molar-refractivity contribution in [3.05, 3.63) is 57.5 Å². The summed E-state index contributed by atoms with van der Waals surface area (Å²) in [4.78, 5) is 18.3. The summed E-state index contributed by atoms with van der Waals surface area (Å²) in [6.45, 7) is 2.30. The van der Waals surface area contributed by atoms with Gasteiger partial charge in [0.15, 0.2) is 5.65 Å². The molecule has 0 saturated carbocycles. The van der Waals surface area contributed by atoms with E-state index in [4.69, 9.17) is 23.2 Å². The highest BCUT2D eigenvalue weighted by Crippen LogP contribution is 2.28. The van der Waals surface area contributed by atoms with Crippen LogP contribution < -0.4 is 4.72 Å². The number of nitrogens with zero attached hydrogens (tertiary/aromatic N) is 4. The van der Waals surface area contributed by atoms with Crippen molar-refractivity contribution in [2.24, 2.45) is 0 Å². The van der Waals surface area contributed by atoms with Crippen molar-refractivity contribution in [3.63, 3.8) is 0 Å². The summed E-state index contributed by atoms with van der Waals surface area (Å²) in [7, 11) is -4.03. The smallest absolute Gasteiger partial charge is 0.244 e. The first-order valence-electron chi connectivity index (χ1n) is 8.81. The van der Waals surface area contributed by atoms with Crippen LogP contribution in [0.15, 0.2) is 35.4 Å². The van der Waals surface area contributed by atoms with E-state index >= 15 is 0 Å². The van der Waals surface area contributed by atoms with Crippen LogP contribution in [0.5, 0.6) is 0 Å². The Morgan fingerprint density at radius 3 is 2.72 bits per heavy atom. The van der Waals surface area contributed by atoms with Crippen molar-refractivity contribution in [2.45, 2.75) is 24.8 Å². The number of hydrogen-bond donors (Lipinski definition) is 1. The number of nitrogens with one attached hydrogen (secondary N) is 1. The molecular formula is C18H17Cl2N5O3S. The minimum absolute atomic E-state index is 0.00560. The highest BCUT2D eigenvalue weighted by Gasteiger charge is 2.26. The van der Waals surface area contributed by atoms with Crippen LogP contribution in [0.1, 0.15) is 17.0 Å². The van der Waals surface area contributed by atoms with Crippen LogP contribution >= 0.6 is 23.2 Å². The van der Waals surface area contributed by atoms with E-state index in [9.17, 15) is 13.2 Å². The van der Waals surface area contributed by atoms with Gasteiger partial charge in [0.25, 0.3) is 0 Å². The molecule has 0 spiro atoms. The molecule has 2 aromatic heterocycles. The number of benzene rings is 1. The minimum Gasteiger partial charge on any atom is -0.337 e. The lowest BCUT2D eigenvalue weighted by molar-refractivity contribution is -0.130. The van der Waals surface area contributed by atoms with Gasteiger partial charge in [-0.05, 0) is 19.1 Å². The molecule has 152 valence electrons. The number of aryl methyl sites for hydroxylation is 1. The molecule has 3 aromatic rings. The van der Waals surface area contributed by atoms with Gasteiger partial charge in [-0.3, -0.25) is 4.79 Å². The molecule has 1 aromatic carbocycles. The molecule has 11 heteroatoms. The topological polar surface area (TPSA) is 96.7 Å². The normalized spacial score (nSPS) is 14.2. The minimum atomic E-state index is -4.03. The predicted octanol–water partition coefficient (Wildman–Crippen LogP) is 2.21. The molecule has 0 aliphatic carbocycles. The summed E-state index contributed by atoms with van der Waals surface area (Å²) in [5, 5.41) is 4.44. The largest absolute Gasteiger partial charge is 0.337 e. The molecule has 1 aliphatic rings. The molecule has 4 rings (SSSR count). The third-order valence-corrected chi connectivity index (χ3v) is 7.08. The molecule has 3 heterocycles. The second-order valence-electron chi connectivity index (χ2n) is 6.73. The molecule has 8 nitrogen and oxygen atoms in total. The van der Waals surface area contributed by atoms with E-state index in [-0.39, 0.29) is 20.8 Å². The average molecular weight is 454 g/mol. The second-order valence-corrected chi connectivity index (χ2v) is 9.24. The molecule has 1 N–H and O–H groups in total. The molecule has 0 fully saturated rings. The van der Waals surface area contributed by atoms with Crippen LogP contribution in [0.25, 0.3) is 5.65 Å². The molecule has 0 bridgehead atoms. The average Bonchev–Trinajstić information content (AvgIpc) is 3.06. The molecular weight excluding hydrogens is 437 g/mol. The van der Waals surface area contributed by atoms with Gasteiger partial charge >= 0.3 is 0 Å². The maximum atomic E-state index is 12.6. The number of hydrogen-bond acceptors (Lipinski definition) is 5. The van der Waals surface area contributed by atoms with Crippen molar-refractivity contribution in [2.75, 3.05) is 13.1 Å². The second kappa shape index (κ2) is 7.56. The molecule has 29 heavy (non-hydrogen) atoms. The van der Waals surface area contributed by atoms with Gasteiger partial charge in [-0.2, -0.15) is 5.10 Å². The van der Waals surface area contributed by atoms with Gasteiger partial charge in [0.05, 0.1) is 28.0 Å². The van der Waals surface area contributed by atoms with Crippen LogP contribution in [0.2, 0.25) is 10.0 Å². The van der Waals surface area contributed by atoms with Crippen molar-refractivity contribution < 1.29 is 13.2 Å². The lowest BCUT2D eigenvalue weighted by Crippen LogP contribution is -2.43. The predicted molar refractivity (Wildman–Crippen MR) is 108 cm³/mol. The van der Waals surface area contributed by atoms with Crippen molar-refractivity contribution in [3.8, 4) is 0 Å². The molecule has 0 atom stereocenters. The molecule has 0 radical (unpaired) electrons. The lowest BCUT2D eigenvalue weighted by atomic mass is 10.1. The number of carbonyl (C=O) groups excluding carboxylic acids is 1. The number of amides is 1. The number of sulfonamides is 1. The van der Waals surface area contributed by atoms with Crippen LogP contribution in [0.4, 0.5) is 0 Å². The van der Waals surface area contributed by atoms with Crippen LogP contribution in [0.3, 0.4) is 0 Å². The number of aromatic nitrogens is 3. The Balaban J connectivity index is 1.48. The fourth-order valence-corrected chi connectivity index (χ4v) is 5.46. The van der Waals surface area contributed by atoms with E-state index < -0.39 is 16.6 Å². The van der Waals surface area contributed by atoms with Gasteiger partial charge in [0.2, 0.25) is 15.9 Å². The Labute approximate surface area is 177 Å². The van der Waals surface area contributed by atoms with E-state index in [2.05, 4.69) is 14.8 Å². The number of carbonyl (C=O) groups is 1. The van der Waals surface area contributed by atoms with E-state index in [1.165, 1.54) is 12.1 Å². The molecule has 1 aliphatic heterocycles. The van der Waals surface area contributed by atoms with Crippen molar-refractivity contribution in [1.82, 2.24) is 24.2 Å². The summed E-state index contributed by atoms with van der Waals surface area (Å²) in [5.74, 6) is -0.348. The van der Waals surface area contributed by atoms with Gasteiger partial charge in [0.1, 0.15) is 4.90 Å². The van der Waals surface area contributed by atoms with Crippen molar-refractivity contribution in [1.29, 1.82) is 0 Å². The van der Waals surface area contributed by atoms with Gasteiger partial charge in [-0.25, -0.2) is 22.6 Å². The summed E-state index contributed by atoms with van der Waals surface area (Å²) in [6.07, 6.45) is 2.34. The first kappa shape index (κ1) is 20.1. The maximum Gasteiger partial charge on any atom is 0.244 e. The van der Waals surface area contributed by atoms with Gasteiger partial charge < -0.3 is 4.90 Å². The van der Waals surface area contributed by atoms with Crippen LogP contribution in [-0.4, -0.2) is 46.9 Å². The first-order valence-corrected chi connectivity index (χ1v) is 11.0. The molecule has 0 unspecified atom stereocenters. The van der Waals surface area contributed by atoms with E-state index in [1.807, 2.05) is 13.0 Å². The first-order chi connectivity index (χ1) is 13.8. The summed E-state index contributed by atoms with van der Waals surface area (Å²) in [5.41, 5.74) is 3.54. The SMILES string of the molecule is Cc1cc2ncc3c(n2n1)CCN(C(=O)CNS(=O)(=O)c1c(Cl)cccc1Cl)C3. The quantitative estimate of drug-likeness (QED) is 0.652. The zero-order valence-electron chi connectivity index (χ0n) is 15.4. The highest BCUT2D eigenvalue weighted by molar-refractivity contribution is 7.89. The Morgan fingerprint density at radius 2 is 2.00 bits per heavy atom. The van der Waals surface area contributed by atoms with Crippen LogP contribution in [0, 0.1) is 6.92 Å². The number of rotatable bonds is 4. The highest BCUT2D eigenvalue weighted by atomic mass is 35.5. The Hall–Kier alpha value is -2.20. The Kier molecular flexibility index (Phi) is 5.24. The molecule has 0 saturated heterocycles. The van der Waals surface area contributed by atoms with E-state index in [0.29, 0.717) is 19.5 Å². The van der Waals surface area contributed by atoms with E-state index in [0.717, 1.165) is 22.6 Å². The van der Waals surface area contributed by atoms with Gasteiger partial charge in [0, 0.05) is 37.3 Å². The zero-order valence-corrected chi connectivity index (χ0v) is 17.7. The Morgan fingerprint density at radius 1 is 1.28 bits per heavy atom. The lowest BCUT2D eigenvalue weighted by Gasteiger charge is -2.28. The Bertz CT molecular complexity index is 1210. The summed E-state index contributed by atoms with van der Waals surface area (Å²) < 4.78 is 29.2. The fourth-order valence-electron chi connectivity index (χ4n) is 3.35. The molecule has 1 amide bonds. The summed E-state index contributed by atoms with van der Waals surface area (Å²) >= 11 is 11.9. The van der Waals surface area contributed by atoms with Crippen LogP contribution in [-0.2, 0) is 27.8 Å². The monoisotopic (exact) mass is 453 g/mol. The third-order valence-electron chi connectivity index (χ3n) is 4.73. The van der Waals surface area contributed by atoms with E-state index in [1.54, 1.807) is 21.7 Å².